The number of hydrogen-bond acceptors (Lipinski definition) is 4. The number of oxime groups is 1. The molecule has 1 aliphatic carbocycles. The van der Waals surface area contributed by atoms with Crippen LogP contribution >= 0.6 is 0 Å². The van der Waals surface area contributed by atoms with Gasteiger partial charge in [-0.3, -0.25) is 4.79 Å². The molecule has 18 heavy (non-hydrogen) atoms. The van der Waals surface area contributed by atoms with E-state index >= 15 is 0 Å². The minimum atomic E-state index is -0.0691. The Balaban J connectivity index is 1.60. The molecule has 100 valence electrons. The standard InChI is InChI=1S/C13H21N3O2/c1-16(2)7-3-4-13(17)14-9-11-8-12(15-18-11)10-5-6-10/h3-4,10-11H,5-9H2,1-2H3,(H,14,17)/b4-3+. The normalized spacial score (nSPS) is 23.3. The molecule has 0 radical (unpaired) electrons. The fraction of sp³-hybridized carbons (Fsp3) is 0.692. The van der Waals surface area contributed by atoms with E-state index in [1.165, 1.54) is 18.6 Å². The maximum Gasteiger partial charge on any atom is 0.243 e. The molecule has 1 atom stereocenters. The first-order valence-electron chi connectivity index (χ1n) is 6.47. The third-order valence-electron chi connectivity index (χ3n) is 3.05. The van der Waals surface area contributed by atoms with Gasteiger partial charge < -0.3 is 15.1 Å². The number of carbonyl (C=O) groups excluding carboxylic acids is 1. The van der Waals surface area contributed by atoms with Gasteiger partial charge in [0.2, 0.25) is 5.91 Å². The molecule has 1 N–H and O–H groups in total. The average Bonchev–Trinajstić information content (AvgIpc) is 3.06. The van der Waals surface area contributed by atoms with Crippen LogP contribution in [-0.4, -0.2) is 49.8 Å². The van der Waals surface area contributed by atoms with Crippen molar-refractivity contribution in [1.29, 1.82) is 0 Å². The van der Waals surface area contributed by atoms with E-state index in [2.05, 4.69) is 10.5 Å². The molecule has 1 amide bonds. The Morgan fingerprint density at radius 2 is 2.33 bits per heavy atom. The van der Waals surface area contributed by atoms with E-state index in [1.807, 2.05) is 25.1 Å². The zero-order valence-corrected chi connectivity index (χ0v) is 11.1. The lowest BCUT2D eigenvalue weighted by atomic mass is 10.1. The molecule has 1 saturated carbocycles. The molecule has 0 aromatic carbocycles. The van der Waals surface area contributed by atoms with Gasteiger partial charge in [-0.15, -0.1) is 0 Å². The van der Waals surface area contributed by atoms with Crippen LogP contribution in [0.4, 0.5) is 0 Å². The highest BCUT2D eigenvalue weighted by Gasteiger charge is 2.33. The predicted molar refractivity (Wildman–Crippen MR) is 70.4 cm³/mol. The Morgan fingerprint density at radius 1 is 1.56 bits per heavy atom. The van der Waals surface area contributed by atoms with Gasteiger partial charge in [-0.2, -0.15) is 0 Å². The van der Waals surface area contributed by atoms with Crippen molar-refractivity contribution in [2.45, 2.75) is 25.4 Å². The van der Waals surface area contributed by atoms with Crippen LogP contribution in [0.1, 0.15) is 19.3 Å². The Kier molecular flexibility index (Phi) is 4.36. The number of nitrogens with zero attached hydrogens (tertiary/aromatic N) is 2. The summed E-state index contributed by atoms with van der Waals surface area (Å²) in [5.74, 6) is 0.589. The van der Waals surface area contributed by atoms with Crippen LogP contribution in [0.5, 0.6) is 0 Å². The Bertz CT molecular complexity index is 359. The number of nitrogens with one attached hydrogen (secondary N) is 1. The van der Waals surface area contributed by atoms with Crippen LogP contribution in [0.2, 0.25) is 0 Å². The van der Waals surface area contributed by atoms with E-state index in [0.717, 1.165) is 13.0 Å². The van der Waals surface area contributed by atoms with Gasteiger partial charge >= 0.3 is 0 Å². The Morgan fingerprint density at radius 3 is 3.00 bits per heavy atom. The summed E-state index contributed by atoms with van der Waals surface area (Å²) < 4.78 is 0. The molecule has 0 aromatic heterocycles. The Labute approximate surface area is 108 Å². The van der Waals surface area contributed by atoms with E-state index in [0.29, 0.717) is 12.5 Å². The largest absolute Gasteiger partial charge is 0.390 e. The fourth-order valence-corrected chi connectivity index (χ4v) is 1.86. The van der Waals surface area contributed by atoms with Crippen molar-refractivity contribution < 1.29 is 9.63 Å². The van der Waals surface area contributed by atoms with Crippen molar-refractivity contribution in [2.75, 3.05) is 27.2 Å². The van der Waals surface area contributed by atoms with E-state index in [-0.39, 0.29) is 12.0 Å². The number of amides is 1. The average molecular weight is 251 g/mol. The Hall–Kier alpha value is -1.36. The molecule has 1 aliphatic heterocycles. The molecule has 0 spiro atoms. The zero-order valence-electron chi connectivity index (χ0n) is 11.1. The second kappa shape index (κ2) is 6.00. The van der Waals surface area contributed by atoms with Crippen LogP contribution in [0.25, 0.3) is 0 Å². The molecule has 2 rings (SSSR count). The van der Waals surface area contributed by atoms with E-state index in [9.17, 15) is 4.79 Å². The van der Waals surface area contributed by atoms with Crippen LogP contribution in [0, 0.1) is 5.92 Å². The lowest BCUT2D eigenvalue weighted by Gasteiger charge is -2.08. The van der Waals surface area contributed by atoms with Crippen LogP contribution in [0.15, 0.2) is 17.3 Å². The summed E-state index contributed by atoms with van der Waals surface area (Å²) in [6.45, 7) is 1.30. The first-order valence-corrected chi connectivity index (χ1v) is 6.47. The lowest BCUT2D eigenvalue weighted by molar-refractivity contribution is -0.117. The second-order valence-electron chi connectivity index (χ2n) is 5.20. The predicted octanol–water partition coefficient (Wildman–Crippen LogP) is 0.775. The number of hydrogen-bond donors (Lipinski definition) is 1. The third-order valence-corrected chi connectivity index (χ3v) is 3.05. The van der Waals surface area contributed by atoms with Gasteiger partial charge in [0, 0.05) is 25.0 Å². The summed E-state index contributed by atoms with van der Waals surface area (Å²) in [4.78, 5) is 18.8. The maximum absolute atomic E-state index is 11.5. The first kappa shape index (κ1) is 13.1. The smallest absolute Gasteiger partial charge is 0.243 e. The topological polar surface area (TPSA) is 53.9 Å². The summed E-state index contributed by atoms with van der Waals surface area (Å²) in [5, 5.41) is 6.92. The summed E-state index contributed by atoms with van der Waals surface area (Å²) in [5.41, 5.74) is 1.18. The number of rotatable bonds is 6. The number of carbonyl (C=O) groups is 1. The summed E-state index contributed by atoms with van der Waals surface area (Å²) >= 11 is 0. The van der Waals surface area contributed by atoms with Crippen LogP contribution < -0.4 is 5.32 Å². The molecule has 0 aromatic rings. The third kappa shape index (κ3) is 4.14. The SMILES string of the molecule is CN(C)C/C=C/C(=O)NCC1CC(C2CC2)=NO1. The molecule has 1 heterocycles. The van der Waals surface area contributed by atoms with Crippen molar-refractivity contribution in [3.05, 3.63) is 12.2 Å². The van der Waals surface area contributed by atoms with Gasteiger partial charge in [-0.25, -0.2) is 0 Å². The van der Waals surface area contributed by atoms with Gasteiger partial charge in [0.15, 0.2) is 0 Å². The van der Waals surface area contributed by atoms with E-state index in [1.54, 1.807) is 6.08 Å². The molecule has 2 aliphatic rings. The van der Waals surface area contributed by atoms with Gasteiger partial charge in [0.05, 0.1) is 12.3 Å². The van der Waals surface area contributed by atoms with Crippen LogP contribution in [-0.2, 0) is 9.63 Å². The molecule has 1 unspecified atom stereocenters. The minimum absolute atomic E-state index is 0.0202. The zero-order chi connectivity index (χ0) is 13.0. The van der Waals surface area contributed by atoms with E-state index < -0.39 is 0 Å². The second-order valence-corrected chi connectivity index (χ2v) is 5.20. The van der Waals surface area contributed by atoms with Gasteiger partial charge in [0.1, 0.15) is 6.10 Å². The van der Waals surface area contributed by atoms with E-state index in [4.69, 9.17) is 4.84 Å². The van der Waals surface area contributed by atoms with Crippen molar-refractivity contribution in [3.63, 3.8) is 0 Å². The summed E-state index contributed by atoms with van der Waals surface area (Å²) in [6, 6.07) is 0. The van der Waals surface area contributed by atoms with Crippen molar-refractivity contribution in [2.24, 2.45) is 11.1 Å². The summed E-state index contributed by atoms with van der Waals surface area (Å²) in [7, 11) is 3.93. The maximum atomic E-state index is 11.5. The highest BCUT2D eigenvalue weighted by molar-refractivity contribution is 5.90. The summed E-state index contributed by atoms with van der Waals surface area (Å²) in [6.07, 6.45) is 6.79. The highest BCUT2D eigenvalue weighted by atomic mass is 16.6. The monoisotopic (exact) mass is 251 g/mol. The molecule has 5 heteroatoms. The highest BCUT2D eigenvalue weighted by Crippen LogP contribution is 2.34. The molecular weight excluding hydrogens is 230 g/mol. The molecule has 0 saturated heterocycles. The first-order chi connectivity index (χ1) is 8.65. The van der Waals surface area contributed by atoms with Crippen molar-refractivity contribution >= 4 is 11.6 Å². The van der Waals surface area contributed by atoms with Gasteiger partial charge in [-0.1, -0.05) is 11.2 Å². The molecule has 1 fully saturated rings. The minimum Gasteiger partial charge on any atom is -0.390 e. The lowest BCUT2D eigenvalue weighted by Crippen LogP contribution is -2.31. The molecular formula is C13H21N3O2. The quantitative estimate of drug-likeness (QED) is 0.710. The van der Waals surface area contributed by atoms with Crippen molar-refractivity contribution in [3.8, 4) is 0 Å². The van der Waals surface area contributed by atoms with Crippen LogP contribution in [0.3, 0.4) is 0 Å². The van der Waals surface area contributed by atoms with Crippen molar-refractivity contribution in [1.82, 2.24) is 10.2 Å². The van der Waals surface area contributed by atoms with Gasteiger partial charge in [-0.05, 0) is 26.9 Å². The fourth-order valence-electron chi connectivity index (χ4n) is 1.86. The molecule has 5 nitrogen and oxygen atoms in total. The van der Waals surface area contributed by atoms with Gasteiger partial charge in [0.25, 0.3) is 0 Å². The number of likely N-dealkylation sites (N-methyl/N-ethyl adjacent to an activating group) is 1. The molecule has 0 bridgehead atoms.